The number of rotatable bonds is 3. The van der Waals surface area contributed by atoms with Gasteiger partial charge in [0.2, 0.25) is 0 Å². The van der Waals surface area contributed by atoms with Crippen molar-refractivity contribution in [2.75, 3.05) is 51.2 Å². The Bertz CT molecular complexity index is 798. The normalized spacial score (nSPS) is 18.7. The van der Waals surface area contributed by atoms with Gasteiger partial charge in [-0.05, 0) is 36.9 Å². The summed E-state index contributed by atoms with van der Waals surface area (Å²) in [5.41, 5.74) is 1.44. The molecule has 2 aliphatic rings. The average molecular weight is 354 g/mol. The van der Waals surface area contributed by atoms with Crippen molar-refractivity contribution < 1.29 is 9.18 Å². The number of likely N-dealkylation sites (N-methyl/N-ethyl adjacent to an activating group) is 1. The lowest BCUT2D eigenvalue weighted by Crippen LogP contribution is -2.49. The number of likely N-dealkylation sites (tertiary alicyclic amines) is 1. The molecule has 0 radical (unpaired) electrons. The maximum Gasteiger partial charge on any atom is 0.272 e. The van der Waals surface area contributed by atoms with E-state index in [1.807, 2.05) is 18.2 Å². The molecule has 6 heteroatoms. The maximum absolute atomic E-state index is 13.4. The van der Waals surface area contributed by atoms with E-state index >= 15 is 0 Å². The van der Waals surface area contributed by atoms with Crippen LogP contribution in [-0.2, 0) is 0 Å². The Morgan fingerprint density at radius 1 is 1.08 bits per heavy atom. The molecule has 3 heterocycles. The zero-order chi connectivity index (χ0) is 18.1. The molecule has 5 nitrogen and oxygen atoms in total. The quantitative estimate of drug-likeness (QED) is 0.847. The monoisotopic (exact) mass is 354 g/mol. The SMILES string of the molecule is CN1CCN(c2cccc(C(=O)N3CC(c4cccc(F)c4)C3)n2)CC1. The number of pyridine rings is 1. The van der Waals surface area contributed by atoms with Crippen LogP contribution in [0, 0.1) is 5.82 Å². The first-order valence-corrected chi connectivity index (χ1v) is 9.05. The van der Waals surface area contributed by atoms with Gasteiger partial charge in [-0.3, -0.25) is 4.79 Å². The number of nitrogens with zero attached hydrogens (tertiary/aromatic N) is 4. The highest BCUT2D eigenvalue weighted by Gasteiger charge is 2.33. The molecule has 0 N–H and O–H groups in total. The van der Waals surface area contributed by atoms with E-state index in [0.29, 0.717) is 18.8 Å². The van der Waals surface area contributed by atoms with Crippen molar-refractivity contribution >= 4 is 11.7 Å². The van der Waals surface area contributed by atoms with Gasteiger partial charge in [-0.1, -0.05) is 18.2 Å². The van der Waals surface area contributed by atoms with E-state index < -0.39 is 0 Å². The summed E-state index contributed by atoms with van der Waals surface area (Å²) < 4.78 is 13.4. The first-order chi connectivity index (χ1) is 12.6. The Balaban J connectivity index is 1.41. The Hall–Kier alpha value is -2.47. The molecule has 2 aliphatic heterocycles. The molecule has 0 atom stereocenters. The van der Waals surface area contributed by atoms with Crippen molar-refractivity contribution in [1.82, 2.24) is 14.8 Å². The second-order valence-corrected chi connectivity index (χ2v) is 7.13. The van der Waals surface area contributed by atoms with Gasteiger partial charge in [0.05, 0.1) is 0 Å². The number of piperazine rings is 1. The number of hydrogen-bond acceptors (Lipinski definition) is 4. The van der Waals surface area contributed by atoms with Crippen LogP contribution in [0.4, 0.5) is 10.2 Å². The first-order valence-electron chi connectivity index (χ1n) is 9.05. The Kier molecular flexibility index (Phi) is 4.59. The molecule has 1 amide bonds. The predicted octanol–water partition coefficient (Wildman–Crippen LogP) is 2.21. The Labute approximate surface area is 153 Å². The van der Waals surface area contributed by atoms with Crippen LogP contribution in [0.1, 0.15) is 22.0 Å². The van der Waals surface area contributed by atoms with E-state index in [4.69, 9.17) is 0 Å². The second-order valence-electron chi connectivity index (χ2n) is 7.13. The van der Waals surface area contributed by atoms with Crippen molar-refractivity contribution in [1.29, 1.82) is 0 Å². The fourth-order valence-corrected chi connectivity index (χ4v) is 3.53. The molecule has 1 aromatic carbocycles. The van der Waals surface area contributed by atoms with Crippen LogP contribution in [0.5, 0.6) is 0 Å². The van der Waals surface area contributed by atoms with Crippen molar-refractivity contribution in [3.05, 3.63) is 59.5 Å². The molecule has 0 saturated carbocycles. The second kappa shape index (κ2) is 7.03. The summed E-state index contributed by atoms with van der Waals surface area (Å²) in [6, 6.07) is 12.3. The third-order valence-electron chi connectivity index (χ3n) is 5.27. The van der Waals surface area contributed by atoms with Crippen LogP contribution in [0.25, 0.3) is 0 Å². The smallest absolute Gasteiger partial charge is 0.272 e. The molecule has 1 aromatic heterocycles. The summed E-state index contributed by atoms with van der Waals surface area (Å²) in [7, 11) is 2.11. The topological polar surface area (TPSA) is 39.7 Å². The molecule has 136 valence electrons. The van der Waals surface area contributed by atoms with Crippen LogP contribution < -0.4 is 4.90 Å². The van der Waals surface area contributed by atoms with E-state index in [1.165, 1.54) is 6.07 Å². The molecule has 0 bridgehead atoms. The summed E-state index contributed by atoms with van der Waals surface area (Å²) in [6.45, 7) is 5.08. The molecule has 0 aliphatic carbocycles. The summed E-state index contributed by atoms with van der Waals surface area (Å²) in [5.74, 6) is 0.795. The third kappa shape index (κ3) is 3.42. The van der Waals surface area contributed by atoms with Crippen LogP contribution in [0.15, 0.2) is 42.5 Å². The lowest BCUT2D eigenvalue weighted by molar-refractivity contribution is 0.0596. The van der Waals surface area contributed by atoms with Crippen LogP contribution >= 0.6 is 0 Å². The molecule has 4 rings (SSSR count). The van der Waals surface area contributed by atoms with Crippen LogP contribution in [0.3, 0.4) is 0 Å². The molecule has 2 aromatic rings. The summed E-state index contributed by atoms with van der Waals surface area (Å²) >= 11 is 0. The van der Waals surface area contributed by atoms with E-state index in [0.717, 1.165) is 37.6 Å². The number of carbonyl (C=O) groups excluding carboxylic acids is 1. The lowest BCUT2D eigenvalue weighted by atomic mass is 9.91. The molecule has 26 heavy (non-hydrogen) atoms. The van der Waals surface area contributed by atoms with Crippen molar-refractivity contribution in [2.45, 2.75) is 5.92 Å². The van der Waals surface area contributed by atoms with Gasteiger partial charge < -0.3 is 14.7 Å². The lowest BCUT2D eigenvalue weighted by Gasteiger charge is -2.39. The van der Waals surface area contributed by atoms with Gasteiger partial charge in [0.25, 0.3) is 5.91 Å². The summed E-state index contributed by atoms with van der Waals surface area (Å²) in [6.07, 6.45) is 0. The molecular weight excluding hydrogens is 331 g/mol. The minimum absolute atomic E-state index is 0.0476. The van der Waals surface area contributed by atoms with Crippen LogP contribution in [-0.4, -0.2) is 67.0 Å². The zero-order valence-electron chi connectivity index (χ0n) is 14.9. The van der Waals surface area contributed by atoms with Gasteiger partial charge in [-0.15, -0.1) is 0 Å². The van der Waals surface area contributed by atoms with E-state index in [9.17, 15) is 9.18 Å². The van der Waals surface area contributed by atoms with Crippen molar-refractivity contribution in [3.8, 4) is 0 Å². The van der Waals surface area contributed by atoms with E-state index in [-0.39, 0.29) is 17.6 Å². The number of amides is 1. The van der Waals surface area contributed by atoms with E-state index in [2.05, 4.69) is 21.8 Å². The summed E-state index contributed by atoms with van der Waals surface area (Å²) in [5, 5.41) is 0. The number of carbonyl (C=O) groups is 1. The average Bonchev–Trinajstić information content (AvgIpc) is 2.61. The van der Waals surface area contributed by atoms with Crippen molar-refractivity contribution in [3.63, 3.8) is 0 Å². The van der Waals surface area contributed by atoms with Crippen LogP contribution in [0.2, 0.25) is 0 Å². The molecule has 2 fully saturated rings. The fraction of sp³-hybridized carbons (Fsp3) is 0.400. The molecular formula is C20H23FN4O. The Morgan fingerprint density at radius 2 is 1.81 bits per heavy atom. The van der Waals surface area contributed by atoms with Gasteiger partial charge >= 0.3 is 0 Å². The highest BCUT2D eigenvalue weighted by Crippen LogP contribution is 2.28. The Morgan fingerprint density at radius 3 is 2.54 bits per heavy atom. The number of anilines is 1. The summed E-state index contributed by atoms with van der Waals surface area (Å²) in [4.78, 5) is 23.6. The highest BCUT2D eigenvalue weighted by molar-refractivity contribution is 5.93. The van der Waals surface area contributed by atoms with Gasteiger partial charge in [-0.2, -0.15) is 0 Å². The third-order valence-corrected chi connectivity index (χ3v) is 5.27. The van der Waals surface area contributed by atoms with Crippen molar-refractivity contribution in [2.24, 2.45) is 0 Å². The molecule has 2 saturated heterocycles. The highest BCUT2D eigenvalue weighted by atomic mass is 19.1. The number of hydrogen-bond donors (Lipinski definition) is 0. The molecule has 0 unspecified atom stereocenters. The zero-order valence-corrected chi connectivity index (χ0v) is 14.9. The first kappa shape index (κ1) is 17.0. The number of aromatic nitrogens is 1. The van der Waals surface area contributed by atoms with Gasteiger partial charge in [0, 0.05) is 45.2 Å². The van der Waals surface area contributed by atoms with E-state index in [1.54, 1.807) is 23.1 Å². The standard InChI is InChI=1S/C20H23FN4O/c1-23-8-10-24(11-9-23)19-7-3-6-18(22-19)20(26)25-13-16(14-25)15-4-2-5-17(21)12-15/h2-7,12,16H,8-11,13-14H2,1H3. The maximum atomic E-state index is 13.4. The fourth-order valence-electron chi connectivity index (χ4n) is 3.53. The van der Waals surface area contributed by atoms with Gasteiger partial charge in [0.1, 0.15) is 17.3 Å². The number of halogens is 1. The largest absolute Gasteiger partial charge is 0.354 e. The number of benzene rings is 1. The predicted molar refractivity (Wildman–Crippen MR) is 99.0 cm³/mol. The minimum Gasteiger partial charge on any atom is -0.354 e. The van der Waals surface area contributed by atoms with Gasteiger partial charge in [0.15, 0.2) is 0 Å². The minimum atomic E-state index is -0.228. The van der Waals surface area contributed by atoms with Gasteiger partial charge in [-0.25, -0.2) is 9.37 Å². The molecule has 0 spiro atoms.